The third kappa shape index (κ3) is 9.57. The molecule has 0 fully saturated rings. The van der Waals surface area contributed by atoms with E-state index in [1.54, 1.807) is 34.6 Å². The highest BCUT2D eigenvalue weighted by Gasteiger charge is 2.26. The van der Waals surface area contributed by atoms with Gasteiger partial charge < -0.3 is 25.0 Å². The summed E-state index contributed by atoms with van der Waals surface area (Å²) in [4.78, 5) is 22.6. The zero-order chi connectivity index (χ0) is 15.9. The topological polar surface area (TPSA) is 105 Å². The number of carboxylic acids is 1. The molecule has 0 aliphatic rings. The van der Waals surface area contributed by atoms with E-state index in [2.05, 4.69) is 5.32 Å². The Morgan fingerprint density at radius 2 is 1.80 bits per heavy atom. The SMILES string of the molecule is CC(C)OCC(O)CC(NC(=O)OC(C)(C)C)C(=O)O. The fourth-order valence-electron chi connectivity index (χ4n) is 1.31. The molecule has 7 nitrogen and oxygen atoms in total. The second kappa shape index (κ2) is 8.06. The van der Waals surface area contributed by atoms with Crippen LogP contribution in [0.1, 0.15) is 41.0 Å². The first-order chi connectivity index (χ1) is 9.01. The molecule has 118 valence electrons. The number of aliphatic hydroxyl groups excluding tert-OH is 1. The first kappa shape index (κ1) is 18.7. The molecule has 0 aromatic rings. The van der Waals surface area contributed by atoms with Crippen LogP contribution in [-0.4, -0.2) is 52.7 Å². The van der Waals surface area contributed by atoms with Crippen molar-refractivity contribution in [1.29, 1.82) is 0 Å². The highest BCUT2D eigenvalue weighted by molar-refractivity contribution is 5.80. The van der Waals surface area contributed by atoms with Crippen LogP contribution in [0, 0.1) is 0 Å². The number of amides is 1. The summed E-state index contributed by atoms with van der Waals surface area (Å²) in [5, 5.41) is 20.9. The van der Waals surface area contributed by atoms with E-state index in [4.69, 9.17) is 14.6 Å². The number of nitrogens with one attached hydrogen (secondary N) is 1. The number of carbonyl (C=O) groups is 2. The van der Waals surface area contributed by atoms with Crippen molar-refractivity contribution in [3.05, 3.63) is 0 Å². The van der Waals surface area contributed by atoms with E-state index in [9.17, 15) is 14.7 Å². The van der Waals surface area contributed by atoms with Gasteiger partial charge in [-0.25, -0.2) is 9.59 Å². The number of alkyl carbamates (subject to hydrolysis) is 1. The number of ether oxygens (including phenoxy) is 2. The summed E-state index contributed by atoms with van der Waals surface area (Å²) >= 11 is 0. The van der Waals surface area contributed by atoms with E-state index >= 15 is 0 Å². The molecule has 7 heteroatoms. The molecule has 1 amide bonds. The van der Waals surface area contributed by atoms with Gasteiger partial charge in [-0.05, 0) is 34.6 Å². The first-order valence-electron chi connectivity index (χ1n) is 6.53. The Kier molecular flexibility index (Phi) is 7.52. The lowest BCUT2D eigenvalue weighted by atomic mass is 10.1. The Labute approximate surface area is 119 Å². The van der Waals surface area contributed by atoms with Crippen molar-refractivity contribution in [1.82, 2.24) is 5.32 Å². The average Bonchev–Trinajstić information content (AvgIpc) is 2.22. The molecular weight excluding hydrogens is 266 g/mol. The average molecular weight is 291 g/mol. The highest BCUT2D eigenvalue weighted by atomic mass is 16.6. The second-order valence-corrected chi connectivity index (χ2v) is 5.81. The summed E-state index contributed by atoms with van der Waals surface area (Å²) in [7, 11) is 0. The van der Waals surface area contributed by atoms with Crippen LogP contribution in [-0.2, 0) is 14.3 Å². The quantitative estimate of drug-likeness (QED) is 0.649. The number of carboxylic acid groups (broad SMARTS) is 1. The van der Waals surface area contributed by atoms with Crippen molar-refractivity contribution in [2.75, 3.05) is 6.61 Å². The predicted molar refractivity (Wildman–Crippen MR) is 72.5 cm³/mol. The first-order valence-corrected chi connectivity index (χ1v) is 6.53. The van der Waals surface area contributed by atoms with Crippen molar-refractivity contribution < 1.29 is 29.3 Å². The Bertz CT molecular complexity index is 323. The maximum Gasteiger partial charge on any atom is 0.408 e. The van der Waals surface area contributed by atoms with Crippen LogP contribution in [0.5, 0.6) is 0 Å². The van der Waals surface area contributed by atoms with Gasteiger partial charge in [0, 0.05) is 6.42 Å². The molecule has 0 heterocycles. The minimum atomic E-state index is -1.24. The lowest BCUT2D eigenvalue weighted by Crippen LogP contribution is -2.45. The third-order valence-corrected chi connectivity index (χ3v) is 2.12. The molecule has 0 saturated heterocycles. The van der Waals surface area contributed by atoms with Crippen LogP contribution in [0.15, 0.2) is 0 Å². The summed E-state index contributed by atoms with van der Waals surface area (Å²) in [6.45, 7) is 8.65. The minimum absolute atomic E-state index is 0.0114. The summed E-state index contributed by atoms with van der Waals surface area (Å²) in [6, 6.07) is -1.23. The van der Waals surface area contributed by atoms with E-state index in [1.165, 1.54) is 0 Å². The standard InChI is InChI=1S/C13H25NO6/c1-8(2)19-7-9(15)6-10(11(16)17)14-12(18)20-13(3,4)5/h8-10,15H,6-7H2,1-5H3,(H,14,18)(H,16,17). The molecule has 2 atom stereocenters. The molecule has 0 aromatic heterocycles. The van der Waals surface area contributed by atoms with Crippen molar-refractivity contribution in [2.45, 2.75) is 64.9 Å². The number of rotatable bonds is 7. The predicted octanol–water partition coefficient (Wildman–Crippen LogP) is 1.14. The number of aliphatic hydroxyl groups is 1. The Morgan fingerprint density at radius 1 is 1.25 bits per heavy atom. The summed E-state index contributed by atoms with van der Waals surface area (Å²) in [5.41, 5.74) is -0.716. The van der Waals surface area contributed by atoms with Crippen LogP contribution in [0.25, 0.3) is 0 Å². The molecule has 0 aromatic carbocycles. The van der Waals surface area contributed by atoms with E-state index in [0.29, 0.717) is 0 Å². The number of hydrogen-bond acceptors (Lipinski definition) is 5. The largest absolute Gasteiger partial charge is 0.480 e. The van der Waals surface area contributed by atoms with Gasteiger partial charge in [0.2, 0.25) is 0 Å². The van der Waals surface area contributed by atoms with Gasteiger partial charge in [0.1, 0.15) is 11.6 Å². The van der Waals surface area contributed by atoms with Gasteiger partial charge in [-0.15, -0.1) is 0 Å². The molecule has 20 heavy (non-hydrogen) atoms. The normalized spacial score (nSPS) is 14.8. The van der Waals surface area contributed by atoms with Crippen LogP contribution in [0.4, 0.5) is 4.79 Å². The van der Waals surface area contributed by atoms with Gasteiger partial charge in [-0.1, -0.05) is 0 Å². The van der Waals surface area contributed by atoms with Crippen molar-refractivity contribution >= 4 is 12.1 Å². The Hall–Kier alpha value is -1.34. The lowest BCUT2D eigenvalue weighted by Gasteiger charge is -2.23. The Balaban J connectivity index is 4.37. The summed E-state index contributed by atoms with van der Waals surface area (Å²) in [5.74, 6) is -1.24. The van der Waals surface area contributed by atoms with Gasteiger partial charge in [0.05, 0.1) is 18.8 Å². The molecule has 0 spiro atoms. The Morgan fingerprint density at radius 3 is 2.20 bits per heavy atom. The van der Waals surface area contributed by atoms with Gasteiger partial charge in [0.15, 0.2) is 0 Å². The lowest BCUT2D eigenvalue weighted by molar-refractivity contribution is -0.140. The molecule has 0 aliphatic heterocycles. The number of carbonyl (C=O) groups excluding carboxylic acids is 1. The van der Waals surface area contributed by atoms with Gasteiger partial charge in [0.25, 0.3) is 0 Å². The molecule has 0 bridgehead atoms. The van der Waals surface area contributed by atoms with E-state index in [1.807, 2.05) is 0 Å². The van der Waals surface area contributed by atoms with E-state index < -0.39 is 29.8 Å². The van der Waals surface area contributed by atoms with Crippen molar-refractivity contribution in [3.8, 4) is 0 Å². The van der Waals surface area contributed by atoms with Crippen LogP contribution >= 0.6 is 0 Å². The zero-order valence-electron chi connectivity index (χ0n) is 12.7. The van der Waals surface area contributed by atoms with E-state index in [0.717, 1.165) is 0 Å². The number of hydrogen-bond donors (Lipinski definition) is 3. The molecule has 0 saturated carbocycles. The summed E-state index contributed by atoms with van der Waals surface area (Å²) in [6.07, 6.45) is -2.02. The van der Waals surface area contributed by atoms with Crippen LogP contribution in [0.3, 0.4) is 0 Å². The molecular formula is C13H25NO6. The summed E-state index contributed by atoms with van der Waals surface area (Å²) < 4.78 is 10.2. The van der Waals surface area contributed by atoms with Crippen molar-refractivity contribution in [2.24, 2.45) is 0 Å². The monoisotopic (exact) mass is 291 g/mol. The molecule has 0 rings (SSSR count). The fourth-order valence-corrected chi connectivity index (χ4v) is 1.31. The maximum atomic E-state index is 11.5. The minimum Gasteiger partial charge on any atom is -0.480 e. The molecule has 3 N–H and O–H groups in total. The second-order valence-electron chi connectivity index (χ2n) is 5.81. The fraction of sp³-hybridized carbons (Fsp3) is 0.846. The zero-order valence-corrected chi connectivity index (χ0v) is 12.7. The van der Waals surface area contributed by atoms with Gasteiger partial charge in [-0.2, -0.15) is 0 Å². The smallest absolute Gasteiger partial charge is 0.408 e. The highest BCUT2D eigenvalue weighted by Crippen LogP contribution is 2.08. The molecule has 0 radical (unpaired) electrons. The maximum absolute atomic E-state index is 11.5. The third-order valence-electron chi connectivity index (χ3n) is 2.12. The van der Waals surface area contributed by atoms with Gasteiger partial charge >= 0.3 is 12.1 Å². The number of aliphatic carboxylic acids is 1. The van der Waals surface area contributed by atoms with Crippen molar-refractivity contribution in [3.63, 3.8) is 0 Å². The van der Waals surface area contributed by atoms with E-state index in [-0.39, 0.29) is 19.1 Å². The van der Waals surface area contributed by atoms with Gasteiger partial charge in [-0.3, -0.25) is 0 Å². The molecule has 2 unspecified atom stereocenters. The van der Waals surface area contributed by atoms with Crippen LogP contribution < -0.4 is 5.32 Å². The van der Waals surface area contributed by atoms with Crippen LogP contribution in [0.2, 0.25) is 0 Å². The molecule has 0 aliphatic carbocycles.